The zero-order valence-electron chi connectivity index (χ0n) is 6.42. The van der Waals surface area contributed by atoms with E-state index in [1.54, 1.807) is 0 Å². The van der Waals surface area contributed by atoms with Gasteiger partial charge in [-0.25, -0.2) is 0 Å². The van der Waals surface area contributed by atoms with Crippen LogP contribution in [0.1, 0.15) is 6.42 Å². The lowest BCUT2D eigenvalue weighted by Gasteiger charge is -1.98. The summed E-state index contributed by atoms with van der Waals surface area (Å²) >= 11 is 7.10. The molecule has 0 aromatic heterocycles. The maximum absolute atomic E-state index is 10.5. The molecule has 2 nitrogen and oxygen atoms in total. The minimum atomic E-state index is -0.0731. The van der Waals surface area contributed by atoms with Crippen LogP contribution in [0.3, 0.4) is 0 Å². The Balaban J connectivity index is 2.86. The number of allylic oxidation sites excluding steroid dienone is 2. The van der Waals surface area contributed by atoms with E-state index in [1.165, 1.54) is 11.8 Å². The van der Waals surface area contributed by atoms with Crippen LogP contribution in [-0.4, -0.2) is 18.3 Å². The first-order valence-electron chi connectivity index (χ1n) is 3.35. The molecular weight excluding hydrogens is 194 g/mol. The predicted molar refractivity (Wildman–Crippen MR) is 53.6 cm³/mol. The Morgan fingerprint density at radius 3 is 2.83 bits per heavy atom. The van der Waals surface area contributed by atoms with Gasteiger partial charge in [-0.05, 0) is 6.72 Å². The van der Waals surface area contributed by atoms with Gasteiger partial charge in [0.15, 0.2) is 0 Å². The number of halogens is 1. The molecule has 12 heavy (non-hydrogen) atoms. The molecule has 1 atom stereocenters. The van der Waals surface area contributed by atoms with E-state index in [2.05, 4.69) is 18.3 Å². The zero-order valence-corrected chi connectivity index (χ0v) is 7.99. The molecule has 0 aromatic rings. The van der Waals surface area contributed by atoms with Gasteiger partial charge in [-0.2, -0.15) is 0 Å². The maximum Gasteiger partial charge on any atom is 0.133 e. The summed E-state index contributed by atoms with van der Waals surface area (Å²) in [6, 6.07) is 0. The number of carbonyl (C=O) groups excluding carboxylic acids is 1. The van der Waals surface area contributed by atoms with Gasteiger partial charge >= 0.3 is 0 Å². The minimum absolute atomic E-state index is 0.0731. The van der Waals surface area contributed by atoms with Crippen molar-refractivity contribution in [3.63, 3.8) is 0 Å². The van der Waals surface area contributed by atoms with Gasteiger partial charge < -0.3 is 4.79 Å². The number of hydrogen-bond donors (Lipinski definition) is 0. The topological polar surface area (TPSA) is 29.4 Å². The highest BCUT2D eigenvalue weighted by atomic mass is 35.5. The molecule has 4 heteroatoms. The van der Waals surface area contributed by atoms with Crippen molar-refractivity contribution in [3.8, 4) is 0 Å². The molecule has 0 aliphatic carbocycles. The van der Waals surface area contributed by atoms with E-state index < -0.39 is 0 Å². The third-order valence-corrected chi connectivity index (χ3v) is 3.11. The summed E-state index contributed by atoms with van der Waals surface area (Å²) < 4.78 is 0. The molecule has 64 valence electrons. The number of rotatable bonds is 3. The van der Waals surface area contributed by atoms with Crippen LogP contribution in [0, 0.1) is 0 Å². The summed E-state index contributed by atoms with van der Waals surface area (Å²) in [5.74, 6) is 0. The quantitative estimate of drug-likeness (QED) is 0.518. The highest BCUT2D eigenvalue weighted by Crippen LogP contribution is 2.41. The predicted octanol–water partition coefficient (Wildman–Crippen LogP) is 2.36. The van der Waals surface area contributed by atoms with Crippen LogP contribution in [0.4, 0.5) is 0 Å². The van der Waals surface area contributed by atoms with Crippen molar-refractivity contribution in [2.45, 2.75) is 11.7 Å². The molecule has 1 heterocycles. The fourth-order valence-electron chi connectivity index (χ4n) is 0.977. The normalized spacial score (nSPS) is 22.6. The van der Waals surface area contributed by atoms with Crippen molar-refractivity contribution < 1.29 is 4.79 Å². The first-order chi connectivity index (χ1) is 5.69. The second-order valence-corrected chi connectivity index (χ2v) is 4.04. The van der Waals surface area contributed by atoms with Crippen LogP contribution in [-0.2, 0) is 4.79 Å². The third-order valence-electron chi connectivity index (χ3n) is 1.51. The van der Waals surface area contributed by atoms with Crippen molar-refractivity contribution in [1.29, 1.82) is 0 Å². The first kappa shape index (κ1) is 9.55. The summed E-state index contributed by atoms with van der Waals surface area (Å²) in [5.41, 5.74) is 0.775. The number of carbonyl (C=O) groups is 1. The summed E-state index contributed by atoms with van der Waals surface area (Å²) in [6.07, 6.45) is 1.50. The average molecular weight is 202 g/mol. The van der Waals surface area contributed by atoms with Crippen molar-refractivity contribution in [2.75, 3.05) is 0 Å². The monoisotopic (exact) mass is 201 g/mol. The Kier molecular flexibility index (Phi) is 3.12. The van der Waals surface area contributed by atoms with Gasteiger partial charge in [-0.1, -0.05) is 18.2 Å². The Morgan fingerprint density at radius 2 is 2.50 bits per heavy atom. The number of nitrogens with zero attached hydrogens (tertiary/aromatic N) is 1. The lowest BCUT2D eigenvalue weighted by atomic mass is 10.2. The number of aliphatic imine (C=N–C) groups is 1. The molecule has 1 aliphatic rings. The molecule has 0 fully saturated rings. The highest BCUT2D eigenvalue weighted by molar-refractivity contribution is 8.04. The molecule has 0 saturated carbocycles. The Hall–Kier alpha value is -0.540. The van der Waals surface area contributed by atoms with Gasteiger partial charge in [0, 0.05) is 16.4 Å². The molecule has 0 aromatic carbocycles. The molecule has 0 saturated heterocycles. The van der Waals surface area contributed by atoms with E-state index in [9.17, 15) is 4.79 Å². The summed E-state index contributed by atoms with van der Waals surface area (Å²) in [6.45, 7) is 6.99. The van der Waals surface area contributed by atoms with E-state index in [0.29, 0.717) is 11.5 Å². The Morgan fingerprint density at radius 1 is 1.83 bits per heavy atom. The van der Waals surface area contributed by atoms with Crippen LogP contribution < -0.4 is 0 Å². The lowest BCUT2D eigenvalue weighted by Crippen LogP contribution is -1.97. The molecule has 0 spiro atoms. The lowest BCUT2D eigenvalue weighted by molar-refractivity contribution is -0.107. The van der Waals surface area contributed by atoms with Crippen molar-refractivity contribution in [2.24, 2.45) is 4.99 Å². The van der Waals surface area contributed by atoms with Gasteiger partial charge in [-0.15, -0.1) is 11.8 Å². The summed E-state index contributed by atoms with van der Waals surface area (Å²) in [4.78, 5) is 15.0. The van der Waals surface area contributed by atoms with Crippen LogP contribution in [0.25, 0.3) is 0 Å². The smallest absolute Gasteiger partial charge is 0.133 e. The standard InChI is InChI=1S/C8H8ClNOS/c1-5(9)8-7(10-2)3-6(4-11)12-8/h4,6H,1-3H2. The molecule has 0 amide bonds. The third kappa shape index (κ3) is 1.79. The molecule has 0 bridgehead atoms. The largest absolute Gasteiger partial charge is 0.302 e. The van der Waals surface area contributed by atoms with Gasteiger partial charge in [0.05, 0.1) is 10.9 Å². The second-order valence-electron chi connectivity index (χ2n) is 2.34. The van der Waals surface area contributed by atoms with E-state index in [-0.39, 0.29) is 5.25 Å². The van der Waals surface area contributed by atoms with Crippen molar-refractivity contribution >= 4 is 36.4 Å². The molecule has 1 unspecified atom stereocenters. The molecule has 1 rings (SSSR count). The number of aldehydes is 1. The van der Waals surface area contributed by atoms with E-state index in [4.69, 9.17) is 11.6 Å². The zero-order chi connectivity index (χ0) is 9.14. The van der Waals surface area contributed by atoms with E-state index in [0.717, 1.165) is 16.9 Å². The van der Waals surface area contributed by atoms with Crippen molar-refractivity contribution in [3.05, 3.63) is 22.2 Å². The maximum atomic E-state index is 10.5. The first-order valence-corrected chi connectivity index (χ1v) is 4.61. The van der Waals surface area contributed by atoms with Crippen molar-refractivity contribution in [1.82, 2.24) is 0 Å². The van der Waals surface area contributed by atoms with Crippen LogP contribution >= 0.6 is 23.4 Å². The van der Waals surface area contributed by atoms with Gasteiger partial charge in [-0.3, -0.25) is 4.99 Å². The molecular formula is C8H8ClNOS. The number of hydrogen-bond acceptors (Lipinski definition) is 3. The SMILES string of the molecule is C=NC1=C(C(=C)Cl)SC(C=O)C1. The second kappa shape index (κ2) is 3.92. The number of thioether (sulfide) groups is 1. The Labute approximate surface area is 80.4 Å². The molecule has 0 N–H and O–H groups in total. The minimum Gasteiger partial charge on any atom is -0.302 e. The summed E-state index contributed by atoms with van der Waals surface area (Å²) in [5, 5.41) is 0.364. The Bertz CT molecular complexity index is 272. The highest BCUT2D eigenvalue weighted by Gasteiger charge is 2.24. The van der Waals surface area contributed by atoms with Gasteiger partial charge in [0.2, 0.25) is 0 Å². The molecule has 0 radical (unpaired) electrons. The van der Waals surface area contributed by atoms with E-state index in [1.807, 2.05) is 0 Å². The van der Waals surface area contributed by atoms with Crippen LogP contribution in [0.5, 0.6) is 0 Å². The molecule has 1 aliphatic heterocycles. The fourth-order valence-corrected chi connectivity index (χ4v) is 2.23. The van der Waals surface area contributed by atoms with Crippen LogP contribution in [0.15, 0.2) is 27.2 Å². The van der Waals surface area contributed by atoms with E-state index >= 15 is 0 Å². The van der Waals surface area contributed by atoms with Gasteiger partial charge in [0.1, 0.15) is 6.29 Å². The average Bonchev–Trinajstić information content (AvgIpc) is 2.47. The van der Waals surface area contributed by atoms with Gasteiger partial charge in [0.25, 0.3) is 0 Å². The van der Waals surface area contributed by atoms with Crippen LogP contribution in [0.2, 0.25) is 0 Å². The summed E-state index contributed by atoms with van der Waals surface area (Å²) in [7, 11) is 0. The fraction of sp³-hybridized carbons (Fsp3) is 0.250.